The maximum atomic E-state index is 12.8. The fraction of sp³-hybridized carbons (Fsp3) is 0.703. The van der Waals surface area contributed by atoms with E-state index in [0.717, 1.165) is 96.3 Å². The van der Waals surface area contributed by atoms with Crippen LogP contribution < -0.4 is 4.89 Å². The minimum Gasteiger partial charge on any atom is -0.756 e. The first-order chi connectivity index (χ1) is 41.0. The summed E-state index contributed by atoms with van der Waals surface area (Å²) in [6.45, 7) is 3.97. The number of unbranched alkanes of at least 4 members (excludes halogenated alkanes) is 28. The van der Waals surface area contributed by atoms with Gasteiger partial charge in [-0.1, -0.05) is 289 Å². The van der Waals surface area contributed by atoms with Crippen LogP contribution in [0.15, 0.2) is 122 Å². The van der Waals surface area contributed by atoms with Crippen LogP contribution in [0.1, 0.15) is 284 Å². The zero-order chi connectivity index (χ0) is 61.2. The second kappa shape index (κ2) is 63.9. The average Bonchev–Trinajstić information content (AvgIpc) is 3.61. The summed E-state index contributed by atoms with van der Waals surface area (Å²) in [5.74, 6) is -0.881. The van der Waals surface area contributed by atoms with Crippen molar-refractivity contribution in [3.8, 4) is 0 Å². The molecule has 0 radical (unpaired) electrons. The highest BCUT2D eigenvalue weighted by atomic mass is 31.2. The van der Waals surface area contributed by atoms with Gasteiger partial charge in [-0.3, -0.25) is 14.2 Å². The first-order valence-electron chi connectivity index (χ1n) is 34.2. The second-order valence-electron chi connectivity index (χ2n) is 23.8. The largest absolute Gasteiger partial charge is 0.756 e. The third kappa shape index (κ3) is 67.5. The highest BCUT2D eigenvalue weighted by Gasteiger charge is 2.22. The Labute approximate surface area is 518 Å². The van der Waals surface area contributed by atoms with E-state index in [4.69, 9.17) is 18.5 Å². The van der Waals surface area contributed by atoms with Crippen molar-refractivity contribution in [3.63, 3.8) is 0 Å². The number of likely N-dealkylation sites (N-methyl/N-ethyl adjacent to an activating group) is 1. The maximum absolute atomic E-state index is 12.8. The fourth-order valence-electron chi connectivity index (χ4n) is 9.30. The summed E-state index contributed by atoms with van der Waals surface area (Å²) in [4.78, 5) is 38.0. The predicted molar refractivity (Wildman–Crippen MR) is 360 cm³/mol. The van der Waals surface area contributed by atoms with Gasteiger partial charge < -0.3 is 27.9 Å². The predicted octanol–water partition coefficient (Wildman–Crippen LogP) is 21.6. The molecule has 0 spiro atoms. The molecule has 0 aromatic rings. The van der Waals surface area contributed by atoms with Crippen molar-refractivity contribution >= 4 is 19.8 Å². The SMILES string of the molecule is CC/C=C\C/C=C\C/C=C\C/C=C\C/C=C\C/C=C\CCCCC(=O)OC(COC(=O)CCCCCCCCCCCCCCCCCCCCCCCCCCCC/C=C\C/C=C\C/C=C\C/C=C\CC)COP(=O)([O-])OCC[N+](C)(C)C. The zero-order valence-corrected chi connectivity index (χ0v) is 55.7. The molecule has 482 valence electrons. The van der Waals surface area contributed by atoms with Crippen LogP contribution in [0, 0.1) is 0 Å². The van der Waals surface area contributed by atoms with E-state index in [9.17, 15) is 19.0 Å². The molecule has 0 rings (SSSR count). The molecule has 2 unspecified atom stereocenters. The summed E-state index contributed by atoms with van der Waals surface area (Å²) in [7, 11) is 1.13. The molecule has 2 atom stereocenters. The lowest BCUT2D eigenvalue weighted by Gasteiger charge is -2.28. The van der Waals surface area contributed by atoms with Gasteiger partial charge in [0.1, 0.15) is 19.8 Å². The van der Waals surface area contributed by atoms with Gasteiger partial charge in [-0.15, -0.1) is 0 Å². The molecule has 84 heavy (non-hydrogen) atoms. The molecule has 0 bridgehead atoms. The maximum Gasteiger partial charge on any atom is 0.306 e. The molecule has 0 aliphatic heterocycles. The van der Waals surface area contributed by atoms with Crippen LogP contribution in [-0.4, -0.2) is 70.0 Å². The lowest BCUT2D eigenvalue weighted by atomic mass is 10.0. The summed E-state index contributed by atoms with van der Waals surface area (Å²) in [5.41, 5.74) is 0. The first kappa shape index (κ1) is 80.4. The van der Waals surface area contributed by atoms with E-state index in [-0.39, 0.29) is 26.1 Å². The van der Waals surface area contributed by atoms with Gasteiger partial charge in [0.15, 0.2) is 6.10 Å². The Bertz CT molecular complexity index is 1830. The Balaban J connectivity index is 3.99. The normalized spacial score (nSPS) is 13.9. The number of hydrogen-bond donors (Lipinski definition) is 0. The van der Waals surface area contributed by atoms with Crippen molar-refractivity contribution in [1.82, 2.24) is 0 Å². The monoisotopic (exact) mass is 1190 g/mol. The number of phosphoric acid groups is 1. The van der Waals surface area contributed by atoms with E-state index >= 15 is 0 Å². The zero-order valence-electron chi connectivity index (χ0n) is 54.8. The van der Waals surface area contributed by atoms with Crippen molar-refractivity contribution in [2.75, 3.05) is 47.5 Å². The van der Waals surface area contributed by atoms with Gasteiger partial charge >= 0.3 is 11.9 Å². The number of esters is 2. The van der Waals surface area contributed by atoms with Crippen LogP contribution in [0.25, 0.3) is 0 Å². The number of rotatable bonds is 62. The summed E-state index contributed by atoms with van der Waals surface area (Å²) < 4.78 is 34.2. The highest BCUT2D eigenvalue weighted by Crippen LogP contribution is 2.38. The molecule has 9 nitrogen and oxygen atoms in total. The molecule has 0 aliphatic carbocycles. The molecule has 0 aliphatic rings. The Hall–Kier alpha value is -3.59. The standard InChI is InChI=1S/C74H128NO8P/c1-6-8-10-12-14-16-18-20-22-24-26-28-29-30-31-32-33-34-35-36-37-38-39-40-41-42-43-44-45-47-48-50-52-54-56-58-60-62-64-66-73(76)80-70-72(71-82-84(78,79)81-69-68-75(3,4)5)83-74(77)67-65-63-61-59-57-55-53-51-49-46-27-25-23-21-19-17-15-13-11-9-7-2/h8-11,14-17,20-23,26-28,46,51,53,57,59,72H,6-7,12-13,18-19,24-25,29-45,47-50,52,54-56,58,60-71H2,1-5H3/b10-8-,11-9-,16-14-,17-15-,22-20-,23-21-,28-26-,46-27-,53-51-,59-57-. The Morgan fingerprint density at radius 1 is 0.369 bits per heavy atom. The van der Waals surface area contributed by atoms with Crippen LogP contribution in [0.4, 0.5) is 0 Å². The van der Waals surface area contributed by atoms with Gasteiger partial charge in [-0.25, -0.2) is 0 Å². The Morgan fingerprint density at radius 3 is 0.976 bits per heavy atom. The van der Waals surface area contributed by atoms with Gasteiger partial charge in [0, 0.05) is 12.8 Å². The van der Waals surface area contributed by atoms with Crippen molar-refractivity contribution in [1.29, 1.82) is 0 Å². The number of carbonyl (C=O) groups is 2. The molecule has 0 aromatic heterocycles. The average molecular weight is 1190 g/mol. The minimum absolute atomic E-state index is 0.0436. The molecule has 0 amide bonds. The summed E-state index contributed by atoms with van der Waals surface area (Å²) in [6, 6.07) is 0. The quantitative estimate of drug-likeness (QED) is 0.0195. The number of carbonyl (C=O) groups excluding carboxylic acids is 2. The molecule has 0 saturated heterocycles. The molecular weight excluding hydrogens is 1060 g/mol. The Kier molecular flexibility index (Phi) is 61.2. The van der Waals surface area contributed by atoms with Gasteiger partial charge in [0.05, 0.1) is 27.7 Å². The first-order valence-corrected chi connectivity index (χ1v) is 35.7. The van der Waals surface area contributed by atoms with E-state index in [2.05, 4.69) is 135 Å². The number of quaternary nitrogens is 1. The molecule has 0 N–H and O–H groups in total. The summed E-state index contributed by atoms with van der Waals surface area (Å²) >= 11 is 0. The van der Waals surface area contributed by atoms with E-state index in [0.29, 0.717) is 17.4 Å². The van der Waals surface area contributed by atoms with Crippen LogP contribution in [0.5, 0.6) is 0 Å². The van der Waals surface area contributed by atoms with Crippen LogP contribution in [-0.2, 0) is 32.7 Å². The topological polar surface area (TPSA) is 111 Å². The smallest absolute Gasteiger partial charge is 0.306 e. The highest BCUT2D eigenvalue weighted by molar-refractivity contribution is 7.45. The van der Waals surface area contributed by atoms with Crippen LogP contribution >= 0.6 is 7.82 Å². The number of nitrogens with zero attached hydrogens (tertiary/aromatic N) is 1. The molecule has 0 saturated carbocycles. The van der Waals surface area contributed by atoms with E-state index < -0.39 is 32.5 Å². The molecule has 10 heteroatoms. The summed E-state index contributed by atoms with van der Waals surface area (Å²) in [5, 5.41) is 0. The van der Waals surface area contributed by atoms with Crippen LogP contribution in [0.2, 0.25) is 0 Å². The van der Waals surface area contributed by atoms with Gasteiger partial charge in [0.2, 0.25) is 0 Å². The van der Waals surface area contributed by atoms with Gasteiger partial charge in [-0.05, 0) is 103 Å². The minimum atomic E-state index is -4.66. The molecule has 0 heterocycles. The van der Waals surface area contributed by atoms with Crippen molar-refractivity contribution < 1.29 is 42.1 Å². The van der Waals surface area contributed by atoms with Gasteiger partial charge in [0.25, 0.3) is 7.82 Å². The summed E-state index contributed by atoms with van der Waals surface area (Å²) in [6.07, 6.45) is 91.6. The number of allylic oxidation sites excluding steroid dienone is 20. The number of ether oxygens (including phenoxy) is 2. The lowest BCUT2D eigenvalue weighted by Crippen LogP contribution is -2.37. The van der Waals surface area contributed by atoms with Crippen molar-refractivity contribution in [2.45, 2.75) is 290 Å². The van der Waals surface area contributed by atoms with Crippen LogP contribution in [0.3, 0.4) is 0 Å². The second-order valence-corrected chi connectivity index (χ2v) is 25.2. The number of phosphoric ester groups is 1. The molecular formula is C74H128NO8P. The van der Waals surface area contributed by atoms with Crippen molar-refractivity contribution in [3.05, 3.63) is 122 Å². The number of hydrogen-bond acceptors (Lipinski definition) is 8. The fourth-order valence-corrected chi connectivity index (χ4v) is 10.0. The Morgan fingerprint density at radius 2 is 0.643 bits per heavy atom. The van der Waals surface area contributed by atoms with Crippen molar-refractivity contribution in [2.24, 2.45) is 0 Å². The molecule has 0 aromatic carbocycles. The molecule has 0 fully saturated rings. The third-order valence-electron chi connectivity index (χ3n) is 14.5. The van der Waals surface area contributed by atoms with Gasteiger partial charge in [-0.2, -0.15) is 0 Å². The third-order valence-corrected chi connectivity index (χ3v) is 15.4. The van der Waals surface area contributed by atoms with E-state index in [1.807, 2.05) is 21.1 Å². The van der Waals surface area contributed by atoms with E-state index in [1.54, 1.807) is 0 Å². The lowest BCUT2D eigenvalue weighted by molar-refractivity contribution is -0.870. The van der Waals surface area contributed by atoms with E-state index in [1.165, 1.54) is 154 Å².